The summed E-state index contributed by atoms with van der Waals surface area (Å²) < 4.78 is 6.30. The quantitative estimate of drug-likeness (QED) is 0.401. The van der Waals surface area contributed by atoms with Crippen molar-refractivity contribution < 1.29 is 4.57 Å². The molecule has 5 rings (SSSR count). The summed E-state index contributed by atoms with van der Waals surface area (Å²) in [7, 11) is 2.22. The van der Waals surface area contributed by atoms with Crippen molar-refractivity contribution in [1.29, 1.82) is 0 Å². The molecule has 0 radical (unpaired) electrons. The fraction of sp³-hybridized carbons (Fsp3) is 0.391. The number of aryl methyl sites for hydroxylation is 3. The van der Waals surface area contributed by atoms with Crippen LogP contribution in [-0.2, 0) is 7.05 Å². The number of imidazole rings is 1. The van der Waals surface area contributed by atoms with Gasteiger partial charge in [-0.3, -0.25) is 0 Å². The molecule has 1 saturated carbocycles. The molecule has 0 unspecified atom stereocenters. The van der Waals surface area contributed by atoms with E-state index in [1.807, 2.05) is 0 Å². The molecule has 0 N–H and O–H groups in total. The molecule has 1 aliphatic carbocycles. The van der Waals surface area contributed by atoms with Crippen LogP contribution in [0.5, 0.6) is 0 Å². The predicted molar refractivity (Wildman–Crippen MR) is 113 cm³/mol. The van der Waals surface area contributed by atoms with Crippen molar-refractivity contribution in [3.05, 3.63) is 47.0 Å². The third-order valence-electron chi connectivity index (χ3n) is 6.09. The third-order valence-corrected chi connectivity index (χ3v) is 7.02. The molecule has 2 aromatic carbocycles. The number of fused-ring (bicyclic) bond motifs is 2. The average Bonchev–Trinajstić information content (AvgIpc) is 3.20. The lowest BCUT2D eigenvalue weighted by atomic mass is 9.94. The van der Waals surface area contributed by atoms with Gasteiger partial charge in [-0.2, -0.15) is 0 Å². The van der Waals surface area contributed by atoms with Crippen LogP contribution >= 0.6 is 11.3 Å². The normalized spacial score (nSPS) is 15.8. The summed E-state index contributed by atoms with van der Waals surface area (Å²) in [5.41, 5.74) is 6.43. The van der Waals surface area contributed by atoms with Gasteiger partial charge in [0.1, 0.15) is 6.04 Å². The van der Waals surface area contributed by atoms with Crippen LogP contribution in [0.4, 0.5) is 0 Å². The SMILES string of the molecule is Cc1nc2c(-c3n(C4CCCCC4)c4ccccc4[n+]3C)c(C)ccc2s1. The Morgan fingerprint density at radius 3 is 2.63 bits per heavy atom. The van der Waals surface area contributed by atoms with E-state index in [1.165, 1.54) is 64.8 Å². The summed E-state index contributed by atoms with van der Waals surface area (Å²) in [4.78, 5) is 4.94. The minimum absolute atomic E-state index is 0.578. The standard InChI is InChI=1S/C23H26N3S/c1-15-13-14-20-22(24-16(2)27-20)21(15)23-25(3)18-11-7-8-12-19(18)26(23)17-9-5-4-6-10-17/h7-8,11-14,17H,4-6,9-10H2,1-3H3/q+1. The molecule has 0 saturated heterocycles. The van der Waals surface area contributed by atoms with Crippen LogP contribution in [0.15, 0.2) is 36.4 Å². The van der Waals surface area contributed by atoms with Crippen LogP contribution in [0.1, 0.15) is 48.7 Å². The van der Waals surface area contributed by atoms with E-state index in [1.54, 1.807) is 11.3 Å². The highest BCUT2D eigenvalue weighted by atomic mass is 32.1. The summed E-state index contributed by atoms with van der Waals surface area (Å²) in [6.45, 7) is 4.34. The van der Waals surface area contributed by atoms with Gasteiger partial charge in [0, 0.05) is 0 Å². The summed E-state index contributed by atoms with van der Waals surface area (Å²) in [5.74, 6) is 1.32. The predicted octanol–water partition coefficient (Wildman–Crippen LogP) is 5.86. The number of hydrogen-bond acceptors (Lipinski definition) is 2. The van der Waals surface area contributed by atoms with Gasteiger partial charge in [0.15, 0.2) is 11.0 Å². The van der Waals surface area contributed by atoms with Crippen LogP contribution in [0.3, 0.4) is 0 Å². The molecule has 4 heteroatoms. The maximum Gasteiger partial charge on any atom is 0.292 e. The molecule has 0 bridgehead atoms. The Labute approximate surface area is 164 Å². The lowest BCUT2D eigenvalue weighted by Gasteiger charge is -2.21. The Kier molecular flexibility index (Phi) is 4.05. The molecule has 27 heavy (non-hydrogen) atoms. The Balaban J connectivity index is 1.89. The first-order valence-corrected chi connectivity index (χ1v) is 10.8. The van der Waals surface area contributed by atoms with E-state index >= 15 is 0 Å². The van der Waals surface area contributed by atoms with Gasteiger partial charge in [0.2, 0.25) is 0 Å². The lowest BCUT2D eigenvalue weighted by molar-refractivity contribution is -0.634. The zero-order valence-corrected chi connectivity index (χ0v) is 17.1. The van der Waals surface area contributed by atoms with Crippen LogP contribution < -0.4 is 4.57 Å². The molecule has 0 atom stereocenters. The molecule has 0 spiro atoms. The van der Waals surface area contributed by atoms with Gasteiger partial charge < -0.3 is 0 Å². The highest BCUT2D eigenvalue weighted by molar-refractivity contribution is 7.18. The van der Waals surface area contributed by atoms with Crippen LogP contribution in [-0.4, -0.2) is 9.55 Å². The number of hydrogen-bond donors (Lipinski definition) is 0. The van der Waals surface area contributed by atoms with E-state index in [0.717, 1.165) is 10.5 Å². The highest BCUT2D eigenvalue weighted by Gasteiger charge is 2.33. The Bertz CT molecular complexity index is 1150. The summed E-state index contributed by atoms with van der Waals surface area (Å²) >= 11 is 1.79. The minimum Gasteiger partial charge on any atom is -0.241 e. The second-order valence-electron chi connectivity index (χ2n) is 7.87. The minimum atomic E-state index is 0.578. The van der Waals surface area contributed by atoms with Gasteiger partial charge >= 0.3 is 0 Å². The molecule has 0 aliphatic heterocycles. The molecule has 2 heterocycles. The van der Waals surface area contributed by atoms with Gasteiger partial charge in [-0.25, -0.2) is 14.1 Å². The summed E-state index contributed by atoms with van der Waals surface area (Å²) in [5, 5.41) is 1.14. The number of nitrogens with zero attached hydrogens (tertiary/aromatic N) is 3. The van der Waals surface area contributed by atoms with E-state index in [0.29, 0.717) is 6.04 Å². The largest absolute Gasteiger partial charge is 0.292 e. The van der Waals surface area contributed by atoms with Gasteiger partial charge in [0.25, 0.3) is 5.82 Å². The average molecular weight is 377 g/mol. The lowest BCUT2D eigenvalue weighted by Crippen LogP contribution is -2.31. The smallest absolute Gasteiger partial charge is 0.241 e. The van der Waals surface area contributed by atoms with E-state index < -0.39 is 0 Å². The molecule has 0 amide bonds. The Morgan fingerprint density at radius 1 is 1.04 bits per heavy atom. The highest BCUT2D eigenvalue weighted by Crippen LogP contribution is 2.39. The van der Waals surface area contributed by atoms with Crippen molar-refractivity contribution >= 4 is 32.6 Å². The summed E-state index contributed by atoms with van der Waals surface area (Å²) in [6.07, 6.45) is 6.59. The maximum atomic E-state index is 4.94. The molecule has 1 fully saturated rings. The maximum absolute atomic E-state index is 4.94. The first-order valence-electron chi connectivity index (χ1n) is 10.0. The van der Waals surface area contributed by atoms with Gasteiger partial charge in [-0.05, 0) is 63.3 Å². The number of thiazole rings is 1. The first kappa shape index (κ1) is 16.9. The van der Waals surface area contributed by atoms with Crippen molar-refractivity contribution in [1.82, 2.24) is 9.55 Å². The molecular formula is C23H26N3S+. The summed E-state index contributed by atoms with van der Waals surface area (Å²) in [6, 6.07) is 13.9. The van der Waals surface area contributed by atoms with Crippen LogP contribution in [0.25, 0.3) is 32.6 Å². The number of benzene rings is 2. The van der Waals surface area contributed by atoms with E-state index in [9.17, 15) is 0 Å². The van der Waals surface area contributed by atoms with Crippen LogP contribution in [0.2, 0.25) is 0 Å². The van der Waals surface area contributed by atoms with E-state index in [2.05, 4.69) is 66.4 Å². The van der Waals surface area contributed by atoms with Crippen molar-refractivity contribution in [3.8, 4) is 11.4 Å². The van der Waals surface area contributed by atoms with Gasteiger partial charge in [0.05, 0.1) is 27.8 Å². The number of rotatable bonds is 2. The first-order chi connectivity index (χ1) is 13.1. The number of aromatic nitrogens is 3. The van der Waals surface area contributed by atoms with Gasteiger partial charge in [-0.1, -0.05) is 24.6 Å². The van der Waals surface area contributed by atoms with Crippen molar-refractivity contribution in [2.24, 2.45) is 7.05 Å². The Morgan fingerprint density at radius 2 is 1.81 bits per heavy atom. The third kappa shape index (κ3) is 2.61. The molecule has 2 aromatic heterocycles. The topological polar surface area (TPSA) is 21.7 Å². The fourth-order valence-electron chi connectivity index (χ4n) is 4.83. The molecular weight excluding hydrogens is 350 g/mol. The van der Waals surface area contributed by atoms with Crippen molar-refractivity contribution in [3.63, 3.8) is 0 Å². The zero-order chi connectivity index (χ0) is 18.5. The van der Waals surface area contributed by atoms with Crippen molar-refractivity contribution in [2.75, 3.05) is 0 Å². The molecule has 3 nitrogen and oxygen atoms in total. The monoisotopic (exact) mass is 376 g/mol. The second kappa shape index (κ2) is 6.45. The molecule has 4 aromatic rings. The van der Waals surface area contributed by atoms with Crippen LogP contribution in [0, 0.1) is 13.8 Å². The fourth-order valence-corrected chi connectivity index (χ4v) is 5.66. The second-order valence-corrected chi connectivity index (χ2v) is 9.11. The van der Waals surface area contributed by atoms with E-state index in [4.69, 9.17) is 4.98 Å². The van der Waals surface area contributed by atoms with Gasteiger partial charge in [-0.15, -0.1) is 11.3 Å². The zero-order valence-electron chi connectivity index (χ0n) is 16.3. The number of para-hydroxylation sites is 2. The van der Waals surface area contributed by atoms with E-state index in [-0.39, 0.29) is 0 Å². The van der Waals surface area contributed by atoms with Crippen molar-refractivity contribution in [2.45, 2.75) is 52.0 Å². The molecule has 1 aliphatic rings. The Hall–Kier alpha value is -2.20. The molecule has 138 valence electrons.